The van der Waals surface area contributed by atoms with Crippen molar-refractivity contribution in [1.82, 2.24) is 25.5 Å². The number of nitrogens with one attached hydrogen (secondary N) is 1. The number of ether oxygens (including phenoxy) is 2. The zero-order chi connectivity index (χ0) is 30.7. The summed E-state index contributed by atoms with van der Waals surface area (Å²) in [5.74, 6) is 2.15. The smallest absolute Gasteiger partial charge is 0.312 e. The average Bonchev–Trinajstić information content (AvgIpc) is 3.42. The molecule has 3 rings (SSSR count). The molecule has 240 valence electrons. The molecule has 0 aliphatic heterocycles. The predicted molar refractivity (Wildman–Crippen MR) is 174 cm³/mol. The Hall–Kier alpha value is -2.94. The van der Waals surface area contributed by atoms with Gasteiger partial charge in [0.05, 0.1) is 13.2 Å². The Morgan fingerprint density at radius 2 is 1.81 bits per heavy atom. The second kappa shape index (κ2) is 21.7. The number of carbonyl (C=O) groups is 1. The second-order valence-corrected chi connectivity index (χ2v) is 11.4. The van der Waals surface area contributed by atoms with E-state index in [9.17, 15) is 4.79 Å². The van der Waals surface area contributed by atoms with Gasteiger partial charge < -0.3 is 20.5 Å². The minimum atomic E-state index is -0.572. The molecule has 0 spiro atoms. The molecule has 1 aliphatic rings. The van der Waals surface area contributed by atoms with Crippen molar-refractivity contribution in [3.05, 3.63) is 47.8 Å². The summed E-state index contributed by atoms with van der Waals surface area (Å²) in [5.41, 5.74) is 7.20. The van der Waals surface area contributed by atoms with Crippen LogP contribution in [0.5, 0.6) is 5.75 Å². The third-order valence-electron chi connectivity index (χ3n) is 6.86. The van der Waals surface area contributed by atoms with Gasteiger partial charge in [-0.1, -0.05) is 112 Å². The van der Waals surface area contributed by atoms with Gasteiger partial charge in [-0.2, -0.15) is 0 Å². The minimum Gasteiger partial charge on any atom is -0.491 e. The van der Waals surface area contributed by atoms with Crippen LogP contribution in [0.15, 0.2) is 36.4 Å². The fraction of sp³-hybridized carbons (Fsp3) is 0.697. The van der Waals surface area contributed by atoms with Crippen molar-refractivity contribution in [3.8, 4) is 5.75 Å². The lowest BCUT2D eigenvalue weighted by atomic mass is 9.82. The number of aromatic nitrogens is 4. The maximum atomic E-state index is 11.1. The van der Waals surface area contributed by atoms with Crippen LogP contribution >= 0.6 is 0 Å². The molecule has 1 heterocycles. The monoisotopic (exact) mass is 588 g/mol. The topological polar surface area (TPSA) is 117 Å². The van der Waals surface area contributed by atoms with E-state index in [1.807, 2.05) is 38.1 Å². The van der Waals surface area contributed by atoms with E-state index in [1.54, 1.807) is 4.68 Å². The molecule has 9 heteroatoms. The Labute approximate surface area is 256 Å². The van der Waals surface area contributed by atoms with Crippen molar-refractivity contribution >= 4 is 6.03 Å². The summed E-state index contributed by atoms with van der Waals surface area (Å²) >= 11 is 0. The van der Waals surface area contributed by atoms with Crippen LogP contribution in [-0.4, -0.2) is 46.1 Å². The van der Waals surface area contributed by atoms with Gasteiger partial charge in [0.1, 0.15) is 12.4 Å². The normalized spacial score (nSPS) is 13.8. The highest BCUT2D eigenvalue weighted by Gasteiger charge is 2.26. The third kappa shape index (κ3) is 14.8. The molecular weight excluding hydrogens is 528 g/mol. The lowest BCUT2D eigenvalue weighted by molar-refractivity contribution is 0.0720. The number of allylic oxidation sites excluding steroid dienone is 1. The average molecular weight is 589 g/mol. The molecule has 0 radical (unpaired) electrons. The number of hydrogen-bond donors (Lipinski definition) is 2. The first-order valence-electron chi connectivity index (χ1n) is 15.4. The number of benzene rings is 1. The number of para-hydroxylation sites is 1. The molecule has 0 saturated heterocycles. The number of carbonyl (C=O) groups excluding carboxylic acids is 1. The van der Waals surface area contributed by atoms with Gasteiger partial charge in [0.15, 0.2) is 5.82 Å². The van der Waals surface area contributed by atoms with E-state index < -0.39 is 6.03 Å². The summed E-state index contributed by atoms with van der Waals surface area (Å²) in [6.07, 6.45) is 8.47. The van der Waals surface area contributed by atoms with Crippen LogP contribution in [0.3, 0.4) is 0 Å². The van der Waals surface area contributed by atoms with E-state index in [4.69, 9.17) is 15.2 Å². The van der Waals surface area contributed by atoms with E-state index in [-0.39, 0.29) is 18.8 Å². The predicted octanol–water partition coefficient (Wildman–Crippen LogP) is 7.67. The third-order valence-corrected chi connectivity index (χ3v) is 6.86. The van der Waals surface area contributed by atoms with Gasteiger partial charge in [0, 0.05) is 24.6 Å². The Balaban J connectivity index is 0.00000263. The zero-order valence-corrected chi connectivity index (χ0v) is 26.7. The highest BCUT2D eigenvalue weighted by atomic mass is 16.5. The zero-order valence-electron chi connectivity index (χ0n) is 26.7. The number of urea groups is 1. The SMILES string of the molecule is C.C=C(C[C@H](COCC1CCCCC1)c1nnnn1CCOc1ccccc1CNC(N)=O)C(C)(C)C.CC.CCC. The van der Waals surface area contributed by atoms with Crippen LogP contribution in [0.1, 0.15) is 118 Å². The van der Waals surface area contributed by atoms with Crippen molar-refractivity contribution in [1.29, 1.82) is 0 Å². The number of amides is 2. The van der Waals surface area contributed by atoms with Gasteiger partial charge >= 0.3 is 6.03 Å². The fourth-order valence-corrected chi connectivity index (χ4v) is 4.44. The minimum absolute atomic E-state index is 0. The van der Waals surface area contributed by atoms with Gasteiger partial charge in [-0.05, 0) is 47.1 Å². The van der Waals surface area contributed by atoms with Crippen molar-refractivity contribution < 1.29 is 14.3 Å². The summed E-state index contributed by atoms with van der Waals surface area (Å²) < 4.78 is 14.1. The van der Waals surface area contributed by atoms with Gasteiger partial charge in [-0.3, -0.25) is 0 Å². The van der Waals surface area contributed by atoms with Crippen LogP contribution < -0.4 is 15.8 Å². The van der Waals surface area contributed by atoms with Gasteiger partial charge in [0.2, 0.25) is 0 Å². The van der Waals surface area contributed by atoms with E-state index in [2.05, 4.69) is 62.0 Å². The quantitative estimate of drug-likeness (QED) is 0.232. The molecule has 1 fully saturated rings. The molecule has 1 atom stereocenters. The molecule has 1 saturated carbocycles. The van der Waals surface area contributed by atoms with Gasteiger partial charge in [0.25, 0.3) is 0 Å². The number of nitrogens with two attached hydrogens (primary N) is 1. The van der Waals surface area contributed by atoms with Crippen molar-refractivity contribution in [2.45, 2.75) is 120 Å². The van der Waals surface area contributed by atoms with Crippen molar-refractivity contribution in [2.75, 3.05) is 19.8 Å². The number of nitrogens with zero attached hydrogens (tertiary/aromatic N) is 4. The Morgan fingerprint density at radius 1 is 1.17 bits per heavy atom. The molecule has 2 amide bonds. The largest absolute Gasteiger partial charge is 0.491 e. The molecule has 9 nitrogen and oxygen atoms in total. The summed E-state index contributed by atoms with van der Waals surface area (Å²) in [7, 11) is 0. The highest BCUT2D eigenvalue weighted by Crippen LogP contribution is 2.33. The van der Waals surface area contributed by atoms with Crippen LogP contribution in [0, 0.1) is 11.3 Å². The Bertz CT molecular complexity index is 996. The van der Waals surface area contributed by atoms with Gasteiger partial charge in [-0.15, -0.1) is 5.10 Å². The number of rotatable bonds is 13. The molecule has 1 aromatic heterocycles. The van der Waals surface area contributed by atoms with Crippen molar-refractivity contribution in [2.24, 2.45) is 17.1 Å². The summed E-state index contributed by atoms with van der Waals surface area (Å²) in [4.78, 5) is 11.1. The maximum absolute atomic E-state index is 11.1. The van der Waals surface area contributed by atoms with Crippen LogP contribution in [-0.2, 0) is 17.8 Å². The lowest BCUT2D eigenvalue weighted by Crippen LogP contribution is -2.28. The number of hydrogen-bond acceptors (Lipinski definition) is 6. The molecule has 42 heavy (non-hydrogen) atoms. The van der Waals surface area contributed by atoms with Gasteiger partial charge in [-0.25, -0.2) is 9.48 Å². The first-order chi connectivity index (χ1) is 19.7. The van der Waals surface area contributed by atoms with E-state index in [1.165, 1.54) is 38.5 Å². The van der Waals surface area contributed by atoms with E-state index in [0.717, 1.165) is 30.0 Å². The van der Waals surface area contributed by atoms with E-state index in [0.29, 0.717) is 38.0 Å². The first kappa shape index (κ1) is 39.1. The number of tetrazole rings is 1. The molecule has 1 aliphatic carbocycles. The van der Waals surface area contributed by atoms with Crippen LogP contribution in [0.4, 0.5) is 4.79 Å². The standard InChI is InChI=1S/C27H42N6O3.C3H8.C2H6.CH4/c1-20(27(2,3)4)16-23(19-35-18-21-10-6-5-7-11-21)25-30-31-32-33(25)14-15-36-24-13-9-8-12-22(24)17-29-26(28)34;1-3-2;1-2;/h8-9,12-13,21,23H,1,5-7,10-11,14-19H2,2-4H3,(H3,28,29,34);3H2,1-2H3;1-2H3;1H4/t23-;;;/m1.../s1. The highest BCUT2D eigenvalue weighted by molar-refractivity contribution is 5.71. The summed E-state index contributed by atoms with van der Waals surface area (Å²) in [6.45, 7) is 21.7. The molecule has 3 N–H and O–H groups in total. The number of primary amides is 1. The van der Waals surface area contributed by atoms with Crippen LogP contribution in [0.25, 0.3) is 0 Å². The molecule has 0 bridgehead atoms. The Morgan fingerprint density at radius 3 is 2.43 bits per heavy atom. The van der Waals surface area contributed by atoms with Crippen molar-refractivity contribution in [3.63, 3.8) is 0 Å². The Kier molecular flexibility index (Phi) is 20.2. The lowest BCUT2D eigenvalue weighted by Gasteiger charge is -2.27. The van der Waals surface area contributed by atoms with E-state index >= 15 is 0 Å². The fourth-order valence-electron chi connectivity index (χ4n) is 4.44. The molecular formula is C33H60N6O3. The first-order valence-corrected chi connectivity index (χ1v) is 15.4. The summed E-state index contributed by atoms with van der Waals surface area (Å²) in [6, 6.07) is 6.98. The summed E-state index contributed by atoms with van der Waals surface area (Å²) in [5, 5.41) is 15.2. The molecule has 2 aromatic rings. The second-order valence-electron chi connectivity index (χ2n) is 11.4. The molecule has 1 aromatic carbocycles. The maximum Gasteiger partial charge on any atom is 0.312 e. The van der Waals surface area contributed by atoms with Crippen LogP contribution in [0.2, 0.25) is 0 Å². The molecule has 0 unspecified atom stereocenters.